The number of hydrazone groups is 1. The van der Waals surface area contributed by atoms with Crippen molar-refractivity contribution < 1.29 is 4.79 Å². The minimum atomic E-state index is -0.160. The molecule has 0 saturated carbocycles. The number of halogens is 2. The summed E-state index contributed by atoms with van der Waals surface area (Å²) >= 11 is 12.0. The summed E-state index contributed by atoms with van der Waals surface area (Å²) in [5.74, 6) is 0.592. The Labute approximate surface area is 144 Å². The lowest BCUT2D eigenvalue weighted by Crippen LogP contribution is -2.33. The minimum Gasteiger partial charge on any atom is -0.308 e. The van der Waals surface area contributed by atoms with E-state index in [4.69, 9.17) is 23.2 Å². The number of amidine groups is 1. The van der Waals surface area contributed by atoms with Gasteiger partial charge in [-0.05, 0) is 30.3 Å². The summed E-state index contributed by atoms with van der Waals surface area (Å²) in [5, 5.41) is 10.2. The Morgan fingerprint density at radius 3 is 2.61 bits per heavy atom. The van der Waals surface area contributed by atoms with Gasteiger partial charge in [0.2, 0.25) is 0 Å². The molecule has 4 nitrogen and oxygen atoms in total. The molecule has 0 fully saturated rings. The molecule has 1 amide bonds. The molecule has 0 radical (unpaired) electrons. The first-order chi connectivity index (χ1) is 11.0. The number of nitrogens with zero attached hydrogens (tertiary/aromatic N) is 2. The fourth-order valence-electron chi connectivity index (χ4n) is 2.35. The van der Waals surface area contributed by atoms with E-state index in [0.29, 0.717) is 28.0 Å². The zero-order valence-electron chi connectivity index (χ0n) is 12.5. The highest BCUT2D eigenvalue weighted by atomic mass is 35.5. The zero-order chi connectivity index (χ0) is 16.4. The lowest BCUT2D eigenvalue weighted by Gasteiger charge is -2.14. The van der Waals surface area contributed by atoms with E-state index >= 15 is 0 Å². The van der Waals surface area contributed by atoms with Crippen LogP contribution in [-0.2, 0) is 0 Å². The average molecular weight is 348 g/mol. The second-order valence-electron chi connectivity index (χ2n) is 5.39. The molecule has 118 valence electrons. The molecule has 6 heteroatoms. The van der Waals surface area contributed by atoms with Gasteiger partial charge in [-0.15, -0.1) is 0 Å². The van der Waals surface area contributed by atoms with Gasteiger partial charge in [0.25, 0.3) is 5.91 Å². The van der Waals surface area contributed by atoms with Crippen molar-refractivity contribution in [1.29, 1.82) is 0 Å². The van der Waals surface area contributed by atoms with Crippen molar-refractivity contribution in [1.82, 2.24) is 5.32 Å². The number of amides is 1. The predicted octanol–water partition coefficient (Wildman–Crippen LogP) is 4.19. The number of carbonyl (C=O) groups is 1. The standard InChI is InChI=1S/C17H15Cl2N3O/c1-11-10-22(13-7-8-14(18)15(19)9-13)21-16(11)20-17(23)12-5-3-2-4-6-12/h2-9,11H,10H2,1H3,(H,20,21,23). The molecule has 2 aromatic rings. The van der Waals surface area contributed by atoms with Crippen molar-refractivity contribution in [2.45, 2.75) is 6.92 Å². The summed E-state index contributed by atoms with van der Waals surface area (Å²) in [5.41, 5.74) is 1.45. The molecule has 3 rings (SSSR count). The molecule has 1 atom stereocenters. The molecule has 1 heterocycles. The van der Waals surface area contributed by atoms with E-state index in [0.717, 1.165) is 5.69 Å². The van der Waals surface area contributed by atoms with Crippen LogP contribution in [0.3, 0.4) is 0 Å². The van der Waals surface area contributed by atoms with Crippen molar-refractivity contribution in [2.75, 3.05) is 11.6 Å². The SMILES string of the molecule is CC1CN(c2ccc(Cl)c(Cl)c2)N=C1NC(=O)c1ccccc1. The molecule has 1 N–H and O–H groups in total. The third-order valence-corrected chi connectivity index (χ3v) is 4.36. The van der Waals surface area contributed by atoms with Crippen LogP contribution < -0.4 is 10.3 Å². The Bertz CT molecular complexity index is 762. The summed E-state index contributed by atoms with van der Waals surface area (Å²) in [6.45, 7) is 2.68. The summed E-state index contributed by atoms with van der Waals surface area (Å²) < 4.78 is 0. The Kier molecular flexibility index (Phi) is 4.55. The lowest BCUT2D eigenvalue weighted by molar-refractivity contribution is 0.0976. The Morgan fingerprint density at radius 2 is 1.91 bits per heavy atom. The summed E-state index contributed by atoms with van der Waals surface area (Å²) in [4.78, 5) is 12.2. The highest BCUT2D eigenvalue weighted by Gasteiger charge is 2.25. The number of hydrogen-bond acceptors (Lipinski definition) is 3. The van der Waals surface area contributed by atoms with Gasteiger partial charge < -0.3 is 5.32 Å². The van der Waals surface area contributed by atoms with E-state index in [9.17, 15) is 4.79 Å². The Hall–Kier alpha value is -2.04. The molecule has 1 aliphatic rings. The van der Waals surface area contributed by atoms with Crippen LogP contribution in [0.2, 0.25) is 10.0 Å². The Balaban J connectivity index is 1.77. The first kappa shape index (κ1) is 15.8. The van der Waals surface area contributed by atoms with Crippen LogP contribution in [0, 0.1) is 5.92 Å². The monoisotopic (exact) mass is 347 g/mol. The third kappa shape index (κ3) is 3.49. The van der Waals surface area contributed by atoms with Gasteiger partial charge in [-0.1, -0.05) is 48.3 Å². The number of benzene rings is 2. The predicted molar refractivity (Wildman–Crippen MR) is 94.3 cm³/mol. The maximum atomic E-state index is 12.2. The molecule has 2 aromatic carbocycles. The molecule has 0 aliphatic carbocycles. The normalized spacial score (nSPS) is 17.1. The number of nitrogens with one attached hydrogen (secondary N) is 1. The summed E-state index contributed by atoms with van der Waals surface area (Å²) in [6.07, 6.45) is 0. The van der Waals surface area contributed by atoms with E-state index in [2.05, 4.69) is 10.4 Å². The van der Waals surface area contributed by atoms with Crippen LogP contribution in [0.15, 0.2) is 53.6 Å². The molecule has 1 unspecified atom stereocenters. The maximum absolute atomic E-state index is 12.2. The van der Waals surface area contributed by atoms with Crippen LogP contribution in [0.5, 0.6) is 0 Å². The van der Waals surface area contributed by atoms with Crippen molar-refractivity contribution in [3.8, 4) is 0 Å². The van der Waals surface area contributed by atoms with Crippen LogP contribution in [-0.4, -0.2) is 18.3 Å². The third-order valence-electron chi connectivity index (χ3n) is 3.62. The maximum Gasteiger partial charge on any atom is 0.256 e. The summed E-state index contributed by atoms with van der Waals surface area (Å²) in [6, 6.07) is 14.4. The van der Waals surface area contributed by atoms with Gasteiger partial charge in [0.05, 0.1) is 22.3 Å². The topological polar surface area (TPSA) is 44.7 Å². The van der Waals surface area contributed by atoms with E-state index in [1.165, 1.54) is 0 Å². The first-order valence-corrected chi connectivity index (χ1v) is 7.97. The zero-order valence-corrected chi connectivity index (χ0v) is 14.0. The molecule has 0 spiro atoms. The first-order valence-electron chi connectivity index (χ1n) is 7.22. The van der Waals surface area contributed by atoms with Crippen molar-refractivity contribution in [3.05, 3.63) is 64.1 Å². The lowest BCUT2D eigenvalue weighted by atomic mass is 10.1. The summed E-state index contributed by atoms with van der Waals surface area (Å²) in [7, 11) is 0. The molecule has 1 aliphatic heterocycles. The largest absolute Gasteiger partial charge is 0.308 e. The molecular weight excluding hydrogens is 333 g/mol. The van der Waals surface area contributed by atoms with E-state index < -0.39 is 0 Å². The van der Waals surface area contributed by atoms with Gasteiger partial charge in [-0.25, -0.2) is 0 Å². The second-order valence-corrected chi connectivity index (χ2v) is 6.20. The van der Waals surface area contributed by atoms with Crippen LogP contribution in [0.4, 0.5) is 5.69 Å². The van der Waals surface area contributed by atoms with Gasteiger partial charge in [-0.2, -0.15) is 5.10 Å². The fraction of sp³-hybridized carbons (Fsp3) is 0.176. The molecular formula is C17H15Cl2N3O. The van der Waals surface area contributed by atoms with Crippen molar-refractivity contribution in [3.63, 3.8) is 0 Å². The molecule has 0 bridgehead atoms. The van der Waals surface area contributed by atoms with E-state index in [-0.39, 0.29) is 11.8 Å². The van der Waals surface area contributed by atoms with Gasteiger partial charge in [-0.3, -0.25) is 9.80 Å². The molecule has 0 saturated heterocycles. The van der Waals surface area contributed by atoms with Crippen molar-refractivity contribution >= 4 is 40.6 Å². The van der Waals surface area contributed by atoms with Gasteiger partial charge in [0, 0.05) is 11.5 Å². The molecule has 23 heavy (non-hydrogen) atoms. The highest BCUT2D eigenvalue weighted by molar-refractivity contribution is 6.42. The van der Waals surface area contributed by atoms with Crippen molar-refractivity contribution in [2.24, 2.45) is 11.0 Å². The quantitative estimate of drug-likeness (QED) is 0.884. The van der Waals surface area contributed by atoms with Crippen LogP contribution in [0.25, 0.3) is 0 Å². The van der Waals surface area contributed by atoms with Gasteiger partial charge in [0.15, 0.2) is 0 Å². The fourth-order valence-corrected chi connectivity index (χ4v) is 2.64. The minimum absolute atomic E-state index is 0.108. The average Bonchev–Trinajstić information content (AvgIpc) is 2.92. The number of rotatable bonds is 2. The van der Waals surface area contributed by atoms with Crippen LogP contribution >= 0.6 is 23.2 Å². The number of carbonyl (C=O) groups excluding carboxylic acids is 1. The number of anilines is 1. The van der Waals surface area contributed by atoms with Gasteiger partial charge in [0.1, 0.15) is 5.84 Å². The Morgan fingerprint density at radius 1 is 1.17 bits per heavy atom. The van der Waals surface area contributed by atoms with E-state index in [1.807, 2.05) is 36.2 Å². The van der Waals surface area contributed by atoms with Gasteiger partial charge >= 0.3 is 0 Å². The highest BCUT2D eigenvalue weighted by Crippen LogP contribution is 2.29. The smallest absolute Gasteiger partial charge is 0.256 e. The van der Waals surface area contributed by atoms with E-state index in [1.54, 1.807) is 24.3 Å². The number of hydrogen-bond donors (Lipinski definition) is 1. The second kappa shape index (κ2) is 6.60. The van der Waals surface area contributed by atoms with Crippen LogP contribution in [0.1, 0.15) is 17.3 Å². The molecule has 0 aromatic heterocycles.